The van der Waals surface area contributed by atoms with E-state index in [1.807, 2.05) is 37.2 Å². The smallest absolute Gasteiger partial charge is 0.227 e. The summed E-state index contributed by atoms with van der Waals surface area (Å²) in [5.74, 6) is 1.60. The van der Waals surface area contributed by atoms with Crippen LogP contribution in [0, 0.1) is 0 Å². The first-order chi connectivity index (χ1) is 12.2. The van der Waals surface area contributed by atoms with Crippen molar-refractivity contribution in [3.63, 3.8) is 0 Å². The topological polar surface area (TPSA) is 75.2 Å². The van der Waals surface area contributed by atoms with Crippen LogP contribution in [0.5, 0.6) is 0 Å². The van der Waals surface area contributed by atoms with E-state index in [4.69, 9.17) is 14.7 Å². The molecule has 25 heavy (non-hydrogen) atoms. The van der Waals surface area contributed by atoms with Crippen molar-refractivity contribution in [2.75, 3.05) is 51.1 Å². The molecule has 134 valence electrons. The second-order valence-corrected chi connectivity index (χ2v) is 6.35. The van der Waals surface area contributed by atoms with Crippen LogP contribution in [0.15, 0.2) is 24.4 Å². The van der Waals surface area contributed by atoms with Gasteiger partial charge in [-0.3, -0.25) is 4.98 Å². The summed E-state index contributed by atoms with van der Waals surface area (Å²) in [6.45, 7) is 2.40. The fourth-order valence-corrected chi connectivity index (χ4v) is 2.97. The van der Waals surface area contributed by atoms with Gasteiger partial charge in [-0.1, -0.05) is 6.07 Å². The third-order valence-corrected chi connectivity index (χ3v) is 4.26. The molecule has 1 aliphatic rings. The van der Waals surface area contributed by atoms with Crippen LogP contribution < -0.4 is 15.5 Å². The lowest BCUT2D eigenvalue weighted by Crippen LogP contribution is -2.22. The number of methoxy groups -OCH3 is 1. The fourth-order valence-electron chi connectivity index (χ4n) is 2.97. The Kier molecular flexibility index (Phi) is 5.78. The van der Waals surface area contributed by atoms with Crippen molar-refractivity contribution in [2.45, 2.75) is 18.9 Å². The van der Waals surface area contributed by atoms with E-state index in [2.05, 4.69) is 15.6 Å². The van der Waals surface area contributed by atoms with E-state index in [9.17, 15) is 0 Å². The van der Waals surface area contributed by atoms with Gasteiger partial charge in [-0.05, 0) is 25.1 Å². The second kappa shape index (κ2) is 8.22. The number of aromatic nitrogens is 3. The van der Waals surface area contributed by atoms with Crippen LogP contribution in [0.4, 0.5) is 11.8 Å². The van der Waals surface area contributed by atoms with Gasteiger partial charge in [0.25, 0.3) is 0 Å². The predicted molar refractivity (Wildman–Crippen MR) is 99.1 cm³/mol. The number of pyridine rings is 1. The van der Waals surface area contributed by atoms with Gasteiger partial charge < -0.3 is 20.3 Å². The molecule has 2 aromatic rings. The van der Waals surface area contributed by atoms with Crippen molar-refractivity contribution in [3.05, 3.63) is 41.3 Å². The van der Waals surface area contributed by atoms with Crippen LogP contribution in [0.1, 0.15) is 23.0 Å². The van der Waals surface area contributed by atoms with Gasteiger partial charge in [0.1, 0.15) is 5.82 Å². The van der Waals surface area contributed by atoms with Crippen molar-refractivity contribution >= 4 is 11.8 Å². The van der Waals surface area contributed by atoms with E-state index in [0.29, 0.717) is 6.61 Å². The molecule has 1 atom stereocenters. The van der Waals surface area contributed by atoms with Gasteiger partial charge >= 0.3 is 0 Å². The van der Waals surface area contributed by atoms with Crippen LogP contribution in [0.2, 0.25) is 0 Å². The summed E-state index contributed by atoms with van der Waals surface area (Å²) >= 11 is 0. The van der Waals surface area contributed by atoms with E-state index < -0.39 is 0 Å². The van der Waals surface area contributed by atoms with Crippen molar-refractivity contribution in [2.24, 2.45) is 0 Å². The normalized spacial score (nSPS) is 15.2. The zero-order valence-electron chi connectivity index (χ0n) is 15.1. The minimum absolute atomic E-state index is 0.0589. The third-order valence-electron chi connectivity index (χ3n) is 4.26. The summed E-state index contributed by atoms with van der Waals surface area (Å²) in [6, 6.07) is 5.85. The Balaban J connectivity index is 1.97. The largest absolute Gasteiger partial charge is 0.382 e. The Labute approximate surface area is 148 Å². The van der Waals surface area contributed by atoms with Crippen LogP contribution in [-0.2, 0) is 17.6 Å². The molecule has 0 fully saturated rings. The summed E-state index contributed by atoms with van der Waals surface area (Å²) in [6.07, 6.45) is 3.62. The Morgan fingerprint density at radius 1 is 1.24 bits per heavy atom. The van der Waals surface area contributed by atoms with E-state index in [1.54, 1.807) is 13.3 Å². The number of hydrogen-bond acceptors (Lipinski definition) is 7. The average Bonchev–Trinajstić information content (AvgIpc) is 2.87. The molecule has 2 N–H and O–H groups in total. The van der Waals surface area contributed by atoms with E-state index in [0.717, 1.165) is 49.1 Å². The van der Waals surface area contributed by atoms with Crippen LogP contribution >= 0.6 is 0 Å². The maximum atomic E-state index is 5.41. The molecule has 7 heteroatoms. The lowest BCUT2D eigenvalue weighted by Gasteiger charge is -2.22. The molecule has 2 aromatic heterocycles. The molecule has 3 rings (SSSR count). The maximum absolute atomic E-state index is 5.41. The molecule has 0 unspecified atom stereocenters. The molecule has 0 aliphatic carbocycles. The highest BCUT2D eigenvalue weighted by atomic mass is 16.5. The molecule has 0 bridgehead atoms. The quantitative estimate of drug-likeness (QED) is 0.822. The van der Waals surface area contributed by atoms with E-state index in [-0.39, 0.29) is 6.04 Å². The highest BCUT2D eigenvalue weighted by molar-refractivity contribution is 5.53. The molecule has 7 nitrogen and oxygen atoms in total. The van der Waals surface area contributed by atoms with Gasteiger partial charge in [0, 0.05) is 45.9 Å². The first kappa shape index (κ1) is 17.6. The van der Waals surface area contributed by atoms with Crippen LogP contribution in [0.3, 0.4) is 0 Å². The van der Waals surface area contributed by atoms with E-state index in [1.165, 1.54) is 5.56 Å². The highest BCUT2D eigenvalue weighted by Crippen LogP contribution is 2.26. The van der Waals surface area contributed by atoms with Gasteiger partial charge in [-0.15, -0.1) is 0 Å². The molecular weight excluding hydrogens is 316 g/mol. The van der Waals surface area contributed by atoms with Gasteiger partial charge in [0.05, 0.1) is 24.0 Å². The molecule has 1 aliphatic heterocycles. The van der Waals surface area contributed by atoms with Gasteiger partial charge in [0.2, 0.25) is 5.95 Å². The van der Waals surface area contributed by atoms with Crippen LogP contribution in [0.25, 0.3) is 0 Å². The molecule has 0 amide bonds. The SMILES string of the molecule is COC[C@@H](Nc1nc(N(C)C)nc2c1CCNCC2)c1ccccn1. The first-order valence-electron chi connectivity index (χ1n) is 8.63. The van der Waals surface area contributed by atoms with Gasteiger partial charge in [-0.2, -0.15) is 4.98 Å². The summed E-state index contributed by atoms with van der Waals surface area (Å²) in [4.78, 5) is 15.9. The molecule has 0 saturated heterocycles. The monoisotopic (exact) mass is 342 g/mol. The Bertz CT molecular complexity index is 691. The lowest BCUT2D eigenvalue weighted by atomic mass is 10.1. The summed E-state index contributed by atoms with van der Waals surface area (Å²) in [5, 5.41) is 6.99. The number of fused-ring (bicyclic) bond motifs is 1. The number of hydrogen-bond donors (Lipinski definition) is 2. The molecule has 0 aromatic carbocycles. The molecule has 0 spiro atoms. The third kappa shape index (κ3) is 4.24. The highest BCUT2D eigenvalue weighted by Gasteiger charge is 2.21. The number of rotatable bonds is 6. The predicted octanol–water partition coefficient (Wildman–Crippen LogP) is 1.43. The molecular formula is C18H26N6O. The zero-order valence-corrected chi connectivity index (χ0v) is 15.1. The van der Waals surface area contributed by atoms with Gasteiger partial charge in [0.15, 0.2) is 0 Å². The van der Waals surface area contributed by atoms with Crippen molar-refractivity contribution in [1.82, 2.24) is 20.3 Å². The summed E-state index contributed by atoms with van der Waals surface area (Å²) in [5.41, 5.74) is 3.24. The molecule has 0 radical (unpaired) electrons. The minimum Gasteiger partial charge on any atom is -0.382 e. The first-order valence-corrected chi connectivity index (χ1v) is 8.63. The van der Waals surface area contributed by atoms with Gasteiger partial charge in [-0.25, -0.2) is 4.98 Å². The molecule has 0 saturated carbocycles. The number of anilines is 2. The lowest BCUT2D eigenvalue weighted by molar-refractivity contribution is 0.185. The Morgan fingerprint density at radius 3 is 2.80 bits per heavy atom. The van der Waals surface area contributed by atoms with Crippen LogP contribution in [-0.4, -0.2) is 55.9 Å². The van der Waals surface area contributed by atoms with Crippen molar-refractivity contribution in [1.29, 1.82) is 0 Å². The minimum atomic E-state index is -0.0589. The zero-order chi connectivity index (χ0) is 17.6. The second-order valence-electron chi connectivity index (χ2n) is 6.35. The average molecular weight is 342 g/mol. The standard InChI is InChI=1S/C18H26N6O/c1-24(2)18-22-14-8-11-19-10-7-13(14)17(23-18)21-16(12-25-3)15-6-4-5-9-20-15/h4-6,9,16,19H,7-8,10-12H2,1-3H3,(H,21,22,23)/t16-/m1/s1. The number of ether oxygens (including phenoxy) is 1. The maximum Gasteiger partial charge on any atom is 0.227 e. The summed E-state index contributed by atoms with van der Waals surface area (Å²) < 4.78 is 5.41. The summed E-state index contributed by atoms with van der Waals surface area (Å²) in [7, 11) is 5.63. The number of nitrogens with one attached hydrogen (secondary N) is 2. The Hall–Kier alpha value is -2.25. The fraction of sp³-hybridized carbons (Fsp3) is 0.500. The van der Waals surface area contributed by atoms with Crippen molar-refractivity contribution in [3.8, 4) is 0 Å². The number of nitrogens with zero attached hydrogens (tertiary/aromatic N) is 4. The van der Waals surface area contributed by atoms with Crippen molar-refractivity contribution < 1.29 is 4.74 Å². The van der Waals surface area contributed by atoms with E-state index >= 15 is 0 Å². The Morgan fingerprint density at radius 2 is 2.08 bits per heavy atom. The molecule has 3 heterocycles.